The summed E-state index contributed by atoms with van der Waals surface area (Å²) in [5.74, 6) is 1.92. The molecule has 0 unspecified atom stereocenters. The normalized spacial score (nSPS) is 11.8. The molecule has 0 bridgehead atoms. The van der Waals surface area contributed by atoms with Gasteiger partial charge < -0.3 is 14.2 Å². The Morgan fingerprint density at radius 1 is 0.960 bits per heavy atom. The monoisotopic (exact) mass is 355 g/mol. The Balaban J connectivity index is 1.82. The predicted octanol–water partition coefficient (Wildman–Crippen LogP) is 3.41. The van der Waals surface area contributed by atoms with E-state index < -0.39 is 0 Å². The van der Waals surface area contributed by atoms with E-state index in [0.717, 1.165) is 28.4 Å². The van der Waals surface area contributed by atoms with Crippen LogP contribution in [-0.4, -0.2) is 21.3 Å². The highest BCUT2D eigenvalue weighted by Crippen LogP contribution is 2.46. The van der Waals surface area contributed by atoms with Gasteiger partial charge in [-0.25, -0.2) is 4.98 Å². The molecule has 128 valence electrons. The van der Waals surface area contributed by atoms with E-state index in [4.69, 9.17) is 19.9 Å². The van der Waals surface area contributed by atoms with Gasteiger partial charge in [0.25, 0.3) is 0 Å². The first-order chi connectivity index (χ1) is 12.2. The molecule has 0 saturated carbocycles. The average Bonchev–Trinajstić information content (AvgIpc) is 3.15. The maximum absolute atomic E-state index is 5.88. The molecule has 1 aromatic heterocycles. The Morgan fingerprint density at radius 3 is 2.44 bits per heavy atom. The number of fused-ring (bicyclic) bond motifs is 3. The third-order valence-electron chi connectivity index (χ3n) is 4.50. The van der Waals surface area contributed by atoms with Crippen LogP contribution in [0.1, 0.15) is 10.4 Å². The summed E-state index contributed by atoms with van der Waals surface area (Å²) < 4.78 is 16.5. The maximum atomic E-state index is 5.88. The van der Waals surface area contributed by atoms with Crippen molar-refractivity contribution in [3.8, 4) is 39.6 Å². The molecule has 1 aliphatic carbocycles. The smallest absolute Gasteiger partial charge is 0.330 e. The zero-order chi connectivity index (χ0) is 17.6. The van der Waals surface area contributed by atoms with Crippen LogP contribution in [0.25, 0.3) is 22.4 Å². The SMILES string of the molecule is COc1ccc(-c2ccc3c(c2)Cc2sc(N)[nH+]c2-3)c(OC)c1OC. The number of aromatic amines is 1. The molecular weight excluding hydrogens is 336 g/mol. The second kappa shape index (κ2) is 5.97. The van der Waals surface area contributed by atoms with Crippen molar-refractivity contribution in [1.82, 2.24) is 0 Å². The van der Waals surface area contributed by atoms with Gasteiger partial charge in [-0.05, 0) is 35.4 Å². The van der Waals surface area contributed by atoms with Crippen LogP contribution in [0.4, 0.5) is 5.13 Å². The number of H-pyrrole nitrogens is 1. The first-order valence-corrected chi connectivity index (χ1v) is 8.71. The lowest BCUT2D eigenvalue weighted by molar-refractivity contribution is -0.340. The number of benzene rings is 2. The number of nitrogens with one attached hydrogen (secondary N) is 1. The van der Waals surface area contributed by atoms with Crippen LogP contribution >= 0.6 is 11.3 Å². The van der Waals surface area contributed by atoms with Gasteiger partial charge >= 0.3 is 5.13 Å². The molecular formula is C19H19N2O3S+. The Morgan fingerprint density at radius 2 is 1.72 bits per heavy atom. The number of thiazole rings is 1. The van der Waals surface area contributed by atoms with E-state index in [1.54, 1.807) is 32.7 Å². The number of anilines is 1. The highest BCUT2D eigenvalue weighted by Gasteiger charge is 2.26. The number of ether oxygens (including phenoxy) is 3. The molecule has 6 heteroatoms. The fourth-order valence-corrected chi connectivity index (χ4v) is 4.31. The van der Waals surface area contributed by atoms with Crippen LogP contribution in [0, 0.1) is 0 Å². The minimum absolute atomic E-state index is 0.600. The largest absolute Gasteiger partial charge is 0.493 e. The Bertz CT molecular complexity index is 966. The van der Waals surface area contributed by atoms with Gasteiger partial charge in [-0.15, -0.1) is 0 Å². The van der Waals surface area contributed by atoms with Crippen LogP contribution in [0.5, 0.6) is 17.2 Å². The van der Waals surface area contributed by atoms with Crippen molar-refractivity contribution in [2.45, 2.75) is 6.42 Å². The molecule has 3 N–H and O–H groups in total. The van der Waals surface area contributed by atoms with Crippen LogP contribution in [0.2, 0.25) is 0 Å². The third kappa shape index (κ3) is 2.41. The molecule has 0 aliphatic heterocycles. The van der Waals surface area contributed by atoms with Gasteiger partial charge in [0.05, 0.1) is 26.2 Å². The van der Waals surface area contributed by atoms with Crippen molar-refractivity contribution in [3.63, 3.8) is 0 Å². The number of hydrogen-bond acceptors (Lipinski definition) is 5. The molecule has 0 fully saturated rings. The van der Waals surface area contributed by atoms with Crippen molar-refractivity contribution < 1.29 is 19.2 Å². The van der Waals surface area contributed by atoms with Gasteiger partial charge in [-0.1, -0.05) is 17.4 Å². The minimum Gasteiger partial charge on any atom is -0.493 e. The summed E-state index contributed by atoms with van der Waals surface area (Å²) in [6, 6.07) is 10.3. The molecule has 0 saturated heterocycles. The molecule has 0 amide bonds. The zero-order valence-corrected chi connectivity index (χ0v) is 15.1. The summed E-state index contributed by atoms with van der Waals surface area (Å²) in [4.78, 5) is 4.54. The Labute approximate surface area is 150 Å². The van der Waals surface area contributed by atoms with Crippen molar-refractivity contribution in [3.05, 3.63) is 40.8 Å². The zero-order valence-electron chi connectivity index (χ0n) is 14.3. The fourth-order valence-electron chi connectivity index (χ4n) is 3.40. The third-order valence-corrected chi connectivity index (χ3v) is 5.42. The number of hydrogen-bond donors (Lipinski definition) is 1. The minimum atomic E-state index is 0.600. The predicted molar refractivity (Wildman–Crippen MR) is 98.6 cm³/mol. The molecule has 2 aromatic carbocycles. The molecule has 1 aliphatic rings. The summed E-state index contributed by atoms with van der Waals surface area (Å²) >= 11 is 1.61. The van der Waals surface area contributed by atoms with Crippen molar-refractivity contribution in [1.29, 1.82) is 0 Å². The topological polar surface area (TPSA) is 67.9 Å². The summed E-state index contributed by atoms with van der Waals surface area (Å²) in [6.07, 6.45) is 0.895. The first-order valence-electron chi connectivity index (χ1n) is 7.89. The number of methoxy groups -OCH3 is 3. The summed E-state index contributed by atoms with van der Waals surface area (Å²) in [6.45, 7) is 0. The lowest BCUT2D eigenvalue weighted by atomic mass is 9.98. The van der Waals surface area contributed by atoms with Crippen molar-refractivity contribution in [2.24, 2.45) is 0 Å². The number of nitrogen functional groups attached to an aromatic ring is 1. The molecule has 0 atom stereocenters. The van der Waals surface area contributed by atoms with Crippen LogP contribution in [0.3, 0.4) is 0 Å². The Hall–Kier alpha value is -2.73. The van der Waals surface area contributed by atoms with Crippen LogP contribution < -0.4 is 24.9 Å². The highest BCUT2D eigenvalue weighted by atomic mass is 32.1. The second-order valence-corrected chi connectivity index (χ2v) is 6.96. The maximum Gasteiger partial charge on any atom is 0.330 e. The fraction of sp³-hybridized carbons (Fsp3) is 0.211. The highest BCUT2D eigenvalue weighted by molar-refractivity contribution is 7.15. The standard InChI is InChI=1S/C19H18N2O3S/c1-22-14-7-6-13(17(23-2)18(14)24-3)10-4-5-12-11(8-10)9-15-16(12)21-19(20)25-15/h4-8H,9H2,1-3H3,(H2,20,21)/p+1. The van der Waals surface area contributed by atoms with Gasteiger partial charge in [-0.2, -0.15) is 0 Å². The van der Waals surface area contributed by atoms with E-state index in [9.17, 15) is 0 Å². The molecule has 1 heterocycles. The lowest BCUT2D eigenvalue weighted by Crippen LogP contribution is -2.06. The van der Waals surface area contributed by atoms with E-state index in [1.165, 1.54) is 16.0 Å². The lowest BCUT2D eigenvalue weighted by Gasteiger charge is -2.16. The second-order valence-electron chi connectivity index (χ2n) is 5.82. The Kier molecular flexibility index (Phi) is 3.77. The van der Waals surface area contributed by atoms with Crippen LogP contribution in [-0.2, 0) is 6.42 Å². The number of aromatic nitrogens is 1. The van der Waals surface area contributed by atoms with Gasteiger partial charge in [-0.3, -0.25) is 5.73 Å². The molecule has 0 radical (unpaired) electrons. The van der Waals surface area contributed by atoms with Gasteiger partial charge in [0, 0.05) is 17.5 Å². The molecule has 5 nitrogen and oxygen atoms in total. The summed E-state index contributed by atoms with van der Waals surface area (Å²) in [5.41, 5.74) is 11.6. The van der Waals surface area contributed by atoms with Gasteiger partial charge in [0.15, 0.2) is 11.5 Å². The van der Waals surface area contributed by atoms with E-state index in [1.807, 2.05) is 12.1 Å². The molecule has 4 rings (SSSR count). The number of rotatable bonds is 4. The van der Waals surface area contributed by atoms with Crippen LogP contribution in [0.15, 0.2) is 30.3 Å². The van der Waals surface area contributed by atoms with Crippen molar-refractivity contribution in [2.75, 3.05) is 27.1 Å². The van der Waals surface area contributed by atoms with E-state index >= 15 is 0 Å². The molecule has 25 heavy (non-hydrogen) atoms. The summed E-state index contributed by atoms with van der Waals surface area (Å²) in [5, 5.41) is 0.751. The van der Waals surface area contributed by atoms with Crippen molar-refractivity contribution >= 4 is 16.5 Å². The van der Waals surface area contributed by atoms with E-state index in [0.29, 0.717) is 17.2 Å². The summed E-state index contributed by atoms with van der Waals surface area (Å²) in [7, 11) is 4.88. The van der Waals surface area contributed by atoms with E-state index in [-0.39, 0.29) is 0 Å². The number of nitrogens with two attached hydrogens (primary N) is 1. The molecule has 3 aromatic rings. The quantitative estimate of drug-likeness (QED) is 0.609. The van der Waals surface area contributed by atoms with E-state index in [2.05, 4.69) is 23.2 Å². The average molecular weight is 355 g/mol. The molecule has 0 spiro atoms. The van der Waals surface area contributed by atoms with Gasteiger partial charge in [0.2, 0.25) is 5.75 Å². The first kappa shape index (κ1) is 15.8. The van der Waals surface area contributed by atoms with Gasteiger partial charge in [0.1, 0.15) is 5.69 Å².